The largest absolute Gasteiger partial charge is 0.467 e. The predicted molar refractivity (Wildman–Crippen MR) is 106 cm³/mol. The first-order valence-corrected chi connectivity index (χ1v) is 9.35. The van der Waals surface area contributed by atoms with Crippen LogP contribution in [0.15, 0.2) is 59.1 Å². The number of amides is 1. The highest BCUT2D eigenvalue weighted by atomic mass is 79.9. The number of halogens is 1. The Morgan fingerprint density at radius 1 is 1.19 bits per heavy atom. The summed E-state index contributed by atoms with van der Waals surface area (Å²) in [6.07, 6.45) is 3.00. The Labute approximate surface area is 162 Å². The molecule has 1 heterocycles. The second-order valence-electron chi connectivity index (χ2n) is 5.37. The Morgan fingerprint density at radius 3 is 2.62 bits per heavy atom. The Bertz CT molecular complexity index is 933. The first-order chi connectivity index (χ1) is 12.6. The molecule has 1 unspecified atom stereocenters. The van der Waals surface area contributed by atoms with E-state index in [1.165, 1.54) is 24.5 Å². The van der Waals surface area contributed by atoms with Gasteiger partial charge in [-0.1, -0.05) is 40.2 Å². The number of nitrogens with zero attached hydrogens (tertiary/aromatic N) is 1. The lowest BCUT2D eigenvalue weighted by Crippen LogP contribution is -2.33. The number of para-hydroxylation sites is 1. The van der Waals surface area contributed by atoms with E-state index in [4.69, 9.17) is 4.74 Å². The molecule has 3 aromatic rings. The van der Waals surface area contributed by atoms with Gasteiger partial charge in [0.15, 0.2) is 6.04 Å². The van der Waals surface area contributed by atoms with Gasteiger partial charge in [-0.25, -0.2) is 9.78 Å². The molecule has 1 aromatic heterocycles. The predicted octanol–water partition coefficient (Wildman–Crippen LogP) is 4.10. The molecule has 0 fully saturated rings. The van der Waals surface area contributed by atoms with Crippen molar-refractivity contribution in [3.8, 4) is 0 Å². The molecule has 0 aliphatic carbocycles. The molecule has 3 rings (SSSR count). The average Bonchev–Trinajstić information content (AvgIpc) is 3.07. The molecule has 1 amide bonds. The topological polar surface area (TPSA) is 68.3 Å². The number of benzene rings is 2. The number of rotatable bonds is 5. The molecular formula is C19H15BrN2O3S. The Hall–Kier alpha value is -2.51. The van der Waals surface area contributed by atoms with Crippen molar-refractivity contribution >= 4 is 55.4 Å². The Morgan fingerprint density at radius 2 is 1.92 bits per heavy atom. The van der Waals surface area contributed by atoms with E-state index in [1.807, 2.05) is 24.3 Å². The highest BCUT2D eigenvalue weighted by Crippen LogP contribution is 2.22. The zero-order valence-corrected chi connectivity index (χ0v) is 16.2. The van der Waals surface area contributed by atoms with Crippen LogP contribution in [0.3, 0.4) is 0 Å². The van der Waals surface area contributed by atoms with Crippen LogP contribution in [-0.4, -0.2) is 24.0 Å². The molecule has 0 bridgehead atoms. The minimum Gasteiger partial charge on any atom is -0.467 e. The molecule has 0 saturated heterocycles. The van der Waals surface area contributed by atoms with Gasteiger partial charge in [-0.05, 0) is 35.9 Å². The van der Waals surface area contributed by atoms with Crippen LogP contribution in [0.5, 0.6) is 0 Å². The van der Waals surface area contributed by atoms with Gasteiger partial charge in [0, 0.05) is 10.5 Å². The Kier molecular flexibility index (Phi) is 5.80. The zero-order valence-electron chi connectivity index (χ0n) is 13.8. The van der Waals surface area contributed by atoms with Gasteiger partial charge >= 0.3 is 5.97 Å². The van der Waals surface area contributed by atoms with Crippen LogP contribution in [0.25, 0.3) is 16.3 Å². The highest BCUT2D eigenvalue weighted by Gasteiger charge is 2.22. The number of aromatic nitrogens is 1. The number of carbonyl (C=O) groups is 2. The fourth-order valence-corrected chi connectivity index (χ4v) is 3.48. The van der Waals surface area contributed by atoms with Crippen molar-refractivity contribution in [2.24, 2.45) is 0 Å². The number of fused-ring (bicyclic) bond motifs is 1. The molecule has 2 aromatic carbocycles. The number of ether oxygens (including phenoxy) is 1. The van der Waals surface area contributed by atoms with Crippen molar-refractivity contribution in [2.45, 2.75) is 6.04 Å². The maximum absolute atomic E-state index is 12.3. The molecule has 132 valence electrons. The van der Waals surface area contributed by atoms with Gasteiger partial charge in [0.2, 0.25) is 5.91 Å². The summed E-state index contributed by atoms with van der Waals surface area (Å²) in [5.74, 6) is -0.934. The summed E-state index contributed by atoms with van der Waals surface area (Å²) in [6.45, 7) is 0. The minimum absolute atomic E-state index is 0.400. The van der Waals surface area contributed by atoms with E-state index in [0.717, 1.165) is 19.7 Å². The maximum atomic E-state index is 12.3. The lowest BCUT2D eigenvalue weighted by Gasteiger charge is -2.15. The first-order valence-electron chi connectivity index (χ1n) is 7.74. The Balaban J connectivity index is 1.74. The lowest BCUT2D eigenvalue weighted by atomic mass is 10.1. The molecule has 0 saturated carbocycles. The molecule has 1 atom stereocenters. The van der Waals surface area contributed by atoms with Crippen molar-refractivity contribution in [1.82, 2.24) is 10.3 Å². The summed E-state index contributed by atoms with van der Waals surface area (Å²) in [5.41, 5.74) is 1.53. The second-order valence-corrected chi connectivity index (χ2v) is 7.35. The third-order valence-electron chi connectivity index (χ3n) is 3.61. The number of hydrogen-bond donors (Lipinski definition) is 1. The summed E-state index contributed by atoms with van der Waals surface area (Å²) >= 11 is 4.84. The lowest BCUT2D eigenvalue weighted by molar-refractivity contribution is -0.144. The minimum atomic E-state index is -0.874. The van der Waals surface area contributed by atoms with Crippen molar-refractivity contribution < 1.29 is 14.3 Å². The van der Waals surface area contributed by atoms with Gasteiger partial charge in [0.05, 0.1) is 17.3 Å². The van der Waals surface area contributed by atoms with E-state index < -0.39 is 17.9 Å². The summed E-state index contributed by atoms with van der Waals surface area (Å²) in [4.78, 5) is 28.7. The van der Waals surface area contributed by atoms with Gasteiger partial charge < -0.3 is 10.1 Å². The number of methoxy groups -OCH3 is 1. The molecule has 1 N–H and O–H groups in total. The molecule has 5 nitrogen and oxygen atoms in total. The van der Waals surface area contributed by atoms with Gasteiger partial charge in [0.25, 0.3) is 0 Å². The van der Waals surface area contributed by atoms with Crippen LogP contribution < -0.4 is 5.32 Å². The summed E-state index contributed by atoms with van der Waals surface area (Å²) < 4.78 is 6.73. The third kappa shape index (κ3) is 4.36. The van der Waals surface area contributed by atoms with Crippen LogP contribution >= 0.6 is 27.3 Å². The number of esters is 1. The highest BCUT2D eigenvalue weighted by molar-refractivity contribution is 9.10. The van der Waals surface area contributed by atoms with Crippen molar-refractivity contribution in [3.63, 3.8) is 0 Å². The van der Waals surface area contributed by atoms with Crippen LogP contribution in [0.4, 0.5) is 0 Å². The smallest absolute Gasteiger partial charge is 0.333 e. The van der Waals surface area contributed by atoms with E-state index in [-0.39, 0.29) is 0 Å². The average molecular weight is 431 g/mol. The molecule has 0 aliphatic heterocycles. The van der Waals surface area contributed by atoms with Crippen LogP contribution in [0.1, 0.15) is 16.6 Å². The van der Waals surface area contributed by atoms with Crippen molar-refractivity contribution in [1.29, 1.82) is 0 Å². The third-order valence-corrected chi connectivity index (χ3v) is 5.14. The van der Waals surface area contributed by atoms with Crippen molar-refractivity contribution in [2.75, 3.05) is 7.11 Å². The van der Waals surface area contributed by atoms with Crippen LogP contribution in [0, 0.1) is 0 Å². The molecule has 0 aliphatic rings. The maximum Gasteiger partial charge on any atom is 0.333 e. The second kappa shape index (κ2) is 8.25. The fourth-order valence-electron chi connectivity index (χ4n) is 2.35. The van der Waals surface area contributed by atoms with Crippen LogP contribution in [0.2, 0.25) is 0 Å². The molecule has 0 spiro atoms. The van der Waals surface area contributed by atoms with E-state index in [2.05, 4.69) is 26.2 Å². The number of hydrogen-bond acceptors (Lipinski definition) is 5. The molecule has 7 heteroatoms. The normalized spacial score (nSPS) is 12.2. The van der Waals surface area contributed by atoms with Gasteiger partial charge in [0.1, 0.15) is 5.01 Å². The quantitative estimate of drug-likeness (QED) is 0.488. The summed E-state index contributed by atoms with van der Waals surface area (Å²) in [5, 5.41) is 3.39. The summed E-state index contributed by atoms with van der Waals surface area (Å²) in [7, 11) is 1.29. The van der Waals surface area contributed by atoms with E-state index in [1.54, 1.807) is 30.3 Å². The van der Waals surface area contributed by atoms with Crippen molar-refractivity contribution in [3.05, 3.63) is 69.7 Å². The van der Waals surface area contributed by atoms with Gasteiger partial charge in [-0.15, -0.1) is 11.3 Å². The SMILES string of the molecule is COC(=O)C(NC(=O)/C=C/c1nc2ccccc2s1)c1ccc(Br)cc1. The van der Waals surface area contributed by atoms with Gasteiger partial charge in [-0.2, -0.15) is 0 Å². The standard InChI is InChI=1S/C19H15BrN2O3S/c1-25-19(24)18(12-6-8-13(20)9-7-12)22-16(23)10-11-17-21-14-4-2-3-5-15(14)26-17/h2-11,18H,1H3,(H,22,23)/b11-10+. The molecular weight excluding hydrogens is 416 g/mol. The summed E-state index contributed by atoms with van der Waals surface area (Å²) in [6, 6.07) is 14.0. The monoisotopic (exact) mass is 430 g/mol. The van der Waals surface area contributed by atoms with Gasteiger partial charge in [-0.3, -0.25) is 4.79 Å². The zero-order chi connectivity index (χ0) is 18.5. The molecule has 0 radical (unpaired) electrons. The van der Waals surface area contributed by atoms with E-state index in [9.17, 15) is 9.59 Å². The fraction of sp³-hybridized carbons (Fsp3) is 0.105. The number of nitrogens with one attached hydrogen (secondary N) is 1. The first kappa shape index (κ1) is 18.3. The van der Waals surface area contributed by atoms with Crippen LogP contribution in [-0.2, 0) is 14.3 Å². The van der Waals surface area contributed by atoms with E-state index >= 15 is 0 Å². The van der Waals surface area contributed by atoms with E-state index in [0.29, 0.717) is 5.56 Å². The number of carbonyl (C=O) groups excluding carboxylic acids is 2. The molecule has 26 heavy (non-hydrogen) atoms. The number of thiazole rings is 1.